The molecule has 2 aliphatic rings. The van der Waals surface area contributed by atoms with E-state index in [-0.39, 0.29) is 37.0 Å². The van der Waals surface area contributed by atoms with Crippen molar-refractivity contribution >= 4 is 17.8 Å². The van der Waals surface area contributed by atoms with Crippen LogP contribution in [0.2, 0.25) is 0 Å². The molecule has 4 amide bonds. The van der Waals surface area contributed by atoms with Crippen LogP contribution in [0.4, 0.5) is 9.18 Å². The van der Waals surface area contributed by atoms with Gasteiger partial charge in [-0.05, 0) is 30.5 Å². The van der Waals surface area contributed by atoms with Crippen LogP contribution in [0.1, 0.15) is 18.4 Å². The van der Waals surface area contributed by atoms with Crippen LogP contribution in [0.15, 0.2) is 24.3 Å². The number of morpholine rings is 1. The average Bonchev–Trinajstić information content (AvgIpc) is 2.98. The Balaban J connectivity index is 1.37. The summed E-state index contributed by atoms with van der Waals surface area (Å²) in [6.07, 6.45) is 0.799. The predicted molar refractivity (Wildman–Crippen MR) is 104 cm³/mol. The average molecular weight is 406 g/mol. The lowest BCUT2D eigenvalue weighted by Gasteiger charge is -2.26. The number of rotatable bonds is 9. The SMILES string of the molecule is O=C(CC[C@@H]1NC(=O)N(CCc2cccc(F)c2)C1=O)NCCN1CCOCC1. The molecular formula is C20H27FN4O4. The van der Waals surface area contributed by atoms with Gasteiger partial charge >= 0.3 is 6.03 Å². The lowest BCUT2D eigenvalue weighted by Crippen LogP contribution is -2.41. The number of carbonyl (C=O) groups is 3. The molecule has 2 saturated heterocycles. The van der Waals surface area contributed by atoms with Crippen molar-refractivity contribution in [2.75, 3.05) is 45.9 Å². The Morgan fingerprint density at radius 3 is 2.79 bits per heavy atom. The molecule has 0 unspecified atom stereocenters. The second-order valence-corrected chi connectivity index (χ2v) is 7.21. The molecule has 2 fully saturated rings. The summed E-state index contributed by atoms with van der Waals surface area (Å²) in [6.45, 7) is 4.65. The summed E-state index contributed by atoms with van der Waals surface area (Å²) in [5.74, 6) is -0.830. The number of nitrogens with zero attached hydrogens (tertiary/aromatic N) is 2. The summed E-state index contributed by atoms with van der Waals surface area (Å²) < 4.78 is 18.5. The minimum atomic E-state index is -0.694. The van der Waals surface area contributed by atoms with Gasteiger partial charge in [-0.3, -0.25) is 19.4 Å². The number of carbonyl (C=O) groups excluding carboxylic acids is 3. The summed E-state index contributed by atoms with van der Waals surface area (Å²) in [4.78, 5) is 39.9. The van der Waals surface area contributed by atoms with Crippen LogP contribution in [0, 0.1) is 5.82 Å². The standard InChI is InChI=1S/C20H27FN4O4/c21-16-3-1-2-15(14-16)6-8-25-19(27)17(23-20(25)28)4-5-18(26)22-7-9-24-10-12-29-13-11-24/h1-3,14,17H,4-13H2,(H,22,26)(H,23,28)/t17-/m0/s1. The molecule has 1 atom stereocenters. The Morgan fingerprint density at radius 2 is 2.03 bits per heavy atom. The molecule has 8 nitrogen and oxygen atoms in total. The lowest BCUT2D eigenvalue weighted by atomic mass is 10.1. The van der Waals surface area contributed by atoms with E-state index < -0.39 is 12.1 Å². The minimum Gasteiger partial charge on any atom is -0.379 e. The van der Waals surface area contributed by atoms with Crippen LogP contribution >= 0.6 is 0 Å². The number of imide groups is 1. The van der Waals surface area contributed by atoms with Gasteiger partial charge in [-0.2, -0.15) is 0 Å². The fraction of sp³-hybridized carbons (Fsp3) is 0.550. The van der Waals surface area contributed by atoms with Crippen molar-refractivity contribution in [1.82, 2.24) is 20.4 Å². The first-order valence-corrected chi connectivity index (χ1v) is 9.96. The van der Waals surface area contributed by atoms with Crippen molar-refractivity contribution in [1.29, 1.82) is 0 Å². The number of hydrogen-bond acceptors (Lipinski definition) is 5. The number of halogens is 1. The van der Waals surface area contributed by atoms with Gasteiger partial charge in [0.2, 0.25) is 5.91 Å². The normalized spacial score (nSPS) is 20.0. The topological polar surface area (TPSA) is 91.0 Å². The molecule has 0 aliphatic carbocycles. The first kappa shape index (κ1) is 21.2. The van der Waals surface area contributed by atoms with E-state index in [4.69, 9.17) is 4.74 Å². The van der Waals surface area contributed by atoms with Gasteiger partial charge in [-0.25, -0.2) is 9.18 Å². The summed E-state index contributed by atoms with van der Waals surface area (Å²) in [5.41, 5.74) is 0.716. The molecule has 1 aromatic carbocycles. The van der Waals surface area contributed by atoms with Gasteiger partial charge in [0.15, 0.2) is 0 Å². The van der Waals surface area contributed by atoms with E-state index in [9.17, 15) is 18.8 Å². The first-order valence-electron chi connectivity index (χ1n) is 9.96. The van der Waals surface area contributed by atoms with Gasteiger partial charge in [0.1, 0.15) is 11.9 Å². The maximum atomic E-state index is 13.2. The largest absolute Gasteiger partial charge is 0.379 e. The van der Waals surface area contributed by atoms with E-state index in [0.29, 0.717) is 31.7 Å². The van der Waals surface area contributed by atoms with Crippen LogP contribution in [-0.4, -0.2) is 79.6 Å². The maximum absolute atomic E-state index is 13.2. The number of nitrogens with one attached hydrogen (secondary N) is 2. The molecule has 2 heterocycles. The van der Waals surface area contributed by atoms with Gasteiger partial charge < -0.3 is 15.4 Å². The maximum Gasteiger partial charge on any atom is 0.324 e. The quantitative estimate of drug-likeness (QED) is 0.584. The smallest absolute Gasteiger partial charge is 0.324 e. The van der Waals surface area contributed by atoms with E-state index >= 15 is 0 Å². The molecule has 0 bridgehead atoms. The van der Waals surface area contributed by atoms with Gasteiger partial charge in [-0.15, -0.1) is 0 Å². The van der Waals surface area contributed by atoms with E-state index in [1.165, 1.54) is 12.1 Å². The Labute approximate surface area is 169 Å². The van der Waals surface area contributed by atoms with Crippen molar-refractivity contribution in [3.63, 3.8) is 0 Å². The van der Waals surface area contributed by atoms with Gasteiger partial charge in [0.25, 0.3) is 5.91 Å². The molecule has 0 aromatic heterocycles. The van der Waals surface area contributed by atoms with Gasteiger partial charge in [0, 0.05) is 39.1 Å². The zero-order chi connectivity index (χ0) is 20.6. The Kier molecular flexibility index (Phi) is 7.54. The van der Waals surface area contributed by atoms with E-state index in [1.54, 1.807) is 12.1 Å². The number of urea groups is 1. The second kappa shape index (κ2) is 10.3. The van der Waals surface area contributed by atoms with Crippen molar-refractivity contribution in [2.45, 2.75) is 25.3 Å². The number of benzene rings is 1. The van der Waals surface area contributed by atoms with Crippen molar-refractivity contribution in [3.8, 4) is 0 Å². The summed E-state index contributed by atoms with van der Waals surface area (Å²) >= 11 is 0. The highest BCUT2D eigenvalue weighted by Gasteiger charge is 2.37. The molecule has 0 saturated carbocycles. The van der Waals surface area contributed by atoms with Gasteiger partial charge in [-0.1, -0.05) is 12.1 Å². The number of ether oxygens (including phenoxy) is 1. The fourth-order valence-corrected chi connectivity index (χ4v) is 3.46. The second-order valence-electron chi connectivity index (χ2n) is 7.21. The lowest BCUT2D eigenvalue weighted by molar-refractivity contribution is -0.127. The molecule has 1 aromatic rings. The van der Waals surface area contributed by atoms with Crippen LogP contribution in [-0.2, 0) is 20.7 Å². The Hall–Kier alpha value is -2.52. The third-order valence-electron chi connectivity index (χ3n) is 5.13. The van der Waals surface area contributed by atoms with Gasteiger partial charge in [0.05, 0.1) is 13.2 Å². The van der Waals surface area contributed by atoms with Crippen LogP contribution in [0.3, 0.4) is 0 Å². The van der Waals surface area contributed by atoms with Crippen LogP contribution in [0.25, 0.3) is 0 Å². The predicted octanol–water partition coefficient (Wildman–Crippen LogP) is 0.517. The Morgan fingerprint density at radius 1 is 1.24 bits per heavy atom. The van der Waals surface area contributed by atoms with E-state index in [1.807, 2.05) is 0 Å². The fourth-order valence-electron chi connectivity index (χ4n) is 3.46. The summed E-state index contributed by atoms with van der Waals surface area (Å²) in [6, 6.07) is 4.91. The van der Waals surface area contributed by atoms with E-state index in [0.717, 1.165) is 24.5 Å². The molecular weight excluding hydrogens is 379 g/mol. The third kappa shape index (κ3) is 6.23. The molecule has 2 N–H and O–H groups in total. The van der Waals surface area contributed by atoms with Crippen molar-refractivity contribution < 1.29 is 23.5 Å². The number of amides is 4. The summed E-state index contributed by atoms with van der Waals surface area (Å²) in [7, 11) is 0. The van der Waals surface area contributed by atoms with E-state index in [2.05, 4.69) is 15.5 Å². The first-order chi connectivity index (χ1) is 14.0. The van der Waals surface area contributed by atoms with Crippen molar-refractivity contribution in [2.24, 2.45) is 0 Å². The zero-order valence-electron chi connectivity index (χ0n) is 16.4. The Bertz CT molecular complexity index is 739. The third-order valence-corrected chi connectivity index (χ3v) is 5.13. The minimum absolute atomic E-state index is 0.140. The molecule has 29 heavy (non-hydrogen) atoms. The number of hydrogen-bond donors (Lipinski definition) is 2. The van der Waals surface area contributed by atoms with Crippen LogP contribution in [0.5, 0.6) is 0 Å². The zero-order valence-corrected chi connectivity index (χ0v) is 16.4. The summed E-state index contributed by atoms with van der Waals surface area (Å²) in [5, 5.41) is 5.47. The molecule has 3 rings (SSSR count). The van der Waals surface area contributed by atoms with Crippen molar-refractivity contribution in [3.05, 3.63) is 35.6 Å². The monoisotopic (exact) mass is 406 g/mol. The highest BCUT2D eigenvalue weighted by Crippen LogP contribution is 2.13. The highest BCUT2D eigenvalue weighted by molar-refractivity contribution is 6.04. The molecule has 9 heteroatoms. The highest BCUT2D eigenvalue weighted by atomic mass is 19.1. The molecule has 158 valence electrons. The van der Waals surface area contributed by atoms with Crippen LogP contribution < -0.4 is 10.6 Å². The molecule has 0 radical (unpaired) electrons. The molecule has 2 aliphatic heterocycles. The molecule has 0 spiro atoms.